The molecular formula is C21H23BrN2O4S. The fourth-order valence-electron chi connectivity index (χ4n) is 3.16. The lowest BCUT2D eigenvalue weighted by Gasteiger charge is -2.33. The Morgan fingerprint density at radius 1 is 1.10 bits per heavy atom. The highest BCUT2D eigenvalue weighted by atomic mass is 79.9. The number of benzene rings is 2. The first-order valence-electron chi connectivity index (χ1n) is 9.21. The molecule has 1 aliphatic rings. The van der Waals surface area contributed by atoms with Crippen molar-refractivity contribution in [2.24, 2.45) is 0 Å². The summed E-state index contributed by atoms with van der Waals surface area (Å²) >= 11 is 3.41. The number of amides is 1. The molecule has 3 rings (SSSR count). The van der Waals surface area contributed by atoms with Gasteiger partial charge in [-0.1, -0.05) is 46.3 Å². The van der Waals surface area contributed by atoms with Crippen molar-refractivity contribution in [1.82, 2.24) is 9.21 Å². The molecule has 1 heterocycles. The quantitative estimate of drug-likeness (QED) is 0.598. The number of sulfonamides is 1. The predicted octanol–water partition coefficient (Wildman–Crippen LogP) is 3.15. The third kappa shape index (κ3) is 5.68. The third-order valence-corrected chi connectivity index (χ3v) is 7.08. The summed E-state index contributed by atoms with van der Waals surface area (Å²) in [5.41, 5.74) is 1.55. The molecule has 154 valence electrons. The lowest BCUT2D eigenvalue weighted by molar-refractivity contribution is -0.127. The second kappa shape index (κ2) is 9.56. The number of hydrogen-bond donors (Lipinski definition) is 0. The summed E-state index contributed by atoms with van der Waals surface area (Å²) in [6.07, 6.45) is 3.21. The van der Waals surface area contributed by atoms with Crippen LogP contribution >= 0.6 is 15.9 Å². The number of hydrogen-bond acceptors (Lipinski definition) is 4. The van der Waals surface area contributed by atoms with Gasteiger partial charge >= 0.3 is 0 Å². The zero-order valence-corrected chi connectivity index (χ0v) is 18.5. The number of ether oxygens (including phenoxy) is 1. The minimum Gasteiger partial charge on any atom is -0.496 e. The summed E-state index contributed by atoms with van der Waals surface area (Å²) in [5, 5.41) is 0. The fraction of sp³-hybridized carbons (Fsp3) is 0.286. The van der Waals surface area contributed by atoms with Crippen molar-refractivity contribution >= 4 is 37.9 Å². The van der Waals surface area contributed by atoms with Crippen LogP contribution < -0.4 is 4.74 Å². The van der Waals surface area contributed by atoms with E-state index in [0.717, 1.165) is 15.6 Å². The number of carbonyl (C=O) groups excluding carboxylic acids is 1. The Morgan fingerprint density at radius 2 is 1.79 bits per heavy atom. The van der Waals surface area contributed by atoms with Crippen LogP contribution in [0.2, 0.25) is 0 Å². The largest absolute Gasteiger partial charge is 0.496 e. The summed E-state index contributed by atoms with van der Waals surface area (Å²) < 4.78 is 32.9. The molecule has 0 atom stereocenters. The summed E-state index contributed by atoms with van der Waals surface area (Å²) in [4.78, 5) is 14.2. The molecule has 6 nitrogen and oxygen atoms in total. The first kappa shape index (κ1) is 21.5. The monoisotopic (exact) mass is 478 g/mol. The van der Waals surface area contributed by atoms with Gasteiger partial charge in [0.15, 0.2) is 0 Å². The molecule has 29 heavy (non-hydrogen) atoms. The Hall–Kier alpha value is -2.16. The number of halogens is 1. The molecule has 0 spiro atoms. The van der Waals surface area contributed by atoms with Crippen LogP contribution in [0.3, 0.4) is 0 Å². The Bertz CT molecular complexity index is 985. The summed E-state index contributed by atoms with van der Waals surface area (Å²) in [6.45, 7) is 1.34. The van der Waals surface area contributed by atoms with Crippen molar-refractivity contribution in [1.29, 1.82) is 0 Å². The second-order valence-corrected chi connectivity index (χ2v) is 9.57. The van der Waals surface area contributed by atoms with E-state index in [4.69, 9.17) is 4.74 Å². The van der Waals surface area contributed by atoms with E-state index in [0.29, 0.717) is 31.9 Å². The lowest BCUT2D eigenvalue weighted by atomic mass is 10.2. The summed E-state index contributed by atoms with van der Waals surface area (Å²) in [6, 6.07) is 14.7. The zero-order valence-electron chi connectivity index (χ0n) is 16.1. The van der Waals surface area contributed by atoms with Crippen LogP contribution in [0.5, 0.6) is 5.75 Å². The first-order chi connectivity index (χ1) is 13.9. The van der Waals surface area contributed by atoms with Crippen molar-refractivity contribution in [2.45, 2.75) is 5.75 Å². The highest BCUT2D eigenvalue weighted by Gasteiger charge is 2.28. The van der Waals surface area contributed by atoms with Crippen LogP contribution in [0.15, 0.2) is 59.1 Å². The standard InChI is InChI=1S/C21H23BrN2O4S/c1-28-20-9-8-19(22)15-18(20)7-10-21(25)23-11-13-24(14-12-23)29(26,27)16-17-5-3-2-4-6-17/h2-10,15H,11-14,16H2,1H3/b10-7+. The Labute approximate surface area is 180 Å². The molecule has 0 unspecified atom stereocenters. The van der Waals surface area contributed by atoms with Gasteiger partial charge in [0.25, 0.3) is 0 Å². The van der Waals surface area contributed by atoms with E-state index in [1.54, 1.807) is 30.2 Å². The molecule has 8 heteroatoms. The van der Waals surface area contributed by atoms with Crippen LogP contribution in [0.4, 0.5) is 0 Å². The molecule has 0 saturated carbocycles. The number of carbonyl (C=O) groups is 1. The van der Waals surface area contributed by atoms with Gasteiger partial charge in [0, 0.05) is 42.3 Å². The molecule has 2 aromatic rings. The van der Waals surface area contributed by atoms with Crippen molar-refractivity contribution in [3.63, 3.8) is 0 Å². The molecule has 0 aromatic heterocycles. The van der Waals surface area contributed by atoms with E-state index in [-0.39, 0.29) is 11.7 Å². The maximum Gasteiger partial charge on any atom is 0.246 e. The Kier molecular flexibility index (Phi) is 7.10. The maximum atomic E-state index is 12.6. The van der Waals surface area contributed by atoms with Crippen molar-refractivity contribution in [3.8, 4) is 5.75 Å². The van der Waals surface area contributed by atoms with Crippen molar-refractivity contribution in [3.05, 3.63) is 70.2 Å². The number of nitrogens with zero attached hydrogens (tertiary/aromatic N) is 2. The number of rotatable bonds is 6. The lowest BCUT2D eigenvalue weighted by Crippen LogP contribution is -2.50. The first-order valence-corrected chi connectivity index (χ1v) is 11.6. The van der Waals surface area contributed by atoms with E-state index in [9.17, 15) is 13.2 Å². The summed E-state index contributed by atoms with van der Waals surface area (Å²) in [7, 11) is -1.82. The predicted molar refractivity (Wildman–Crippen MR) is 117 cm³/mol. The molecule has 0 N–H and O–H groups in total. The van der Waals surface area contributed by atoms with Gasteiger partial charge in [-0.3, -0.25) is 4.79 Å². The zero-order chi connectivity index (χ0) is 20.9. The van der Waals surface area contributed by atoms with E-state index >= 15 is 0 Å². The normalized spacial score (nSPS) is 15.6. The van der Waals surface area contributed by atoms with Gasteiger partial charge in [-0.05, 0) is 29.8 Å². The van der Waals surface area contributed by atoms with E-state index < -0.39 is 10.0 Å². The smallest absolute Gasteiger partial charge is 0.246 e. The van der Waals surface area contributed by atoms with Crippen LogP contribution in [-0.4, -0.2) is 56.8 Å². The van der Waals surface area contributed by atoms with Crippen molar-refractivity contribution < 1.29 is 17.9 Å². The average Bonchev–Trinajstić information content (AvgIpc) is 2.72. The second-order valence-electron chi connectivity index (χ2n) is 6.69. The van der Waals surface area contributed by atoms with Gasteiger partial charge in [0.2, 0.25) is 15.9 Å². The van der Waals surface area contributed by atoms with Gasteiger partial charge in [-0.2, -0.15) is 4.31 Å². The third-order valence-electron chi connectivity index (χ3n) is 4.73. The van der Waals surface area contributed by atoms with Crippen LogP contribution in [-0.2, 0) is 20.6 Å². The minimum atomic E-state index is -3.40. The molecule has 0 aliphatic carbocycles. The Balaban J connectivity index is 1.59. The van der Waals surface area contributed by atoms with Gasteiger partial charge in [0.1, 0.15) is 5.75 Å². The van der Waals surface area contributed by atoms with Gasteiger partial charge in [0.05, 0.1) is 12.9 Å². The van der Waals surface area contributed by atoms with Crippen molar-refractivity contribution in [2.75, 3.05) is 33.3 Å². The van der Waals surface area contributed by atoms with Crippen LogP contribution in [0, 0.1) is 0 Å². The SMILES string of the molecule is COc1ccc(Br)cc1/C=C/C(=O)N1CCN(S(=O)(=O)Cc2ccccc2)CC1. The molecule has 1 saturated heterocycles. The maximum absolute atomic E-state index is 12.6. The topological polar surface area (TPSA) is 66.9 Å². The van der Waals surface area contributed by atoms with E-state index in [1.807, 2.05) is 36.4 Å². The molecule has 1 aliphatic heterocycles. The summed E-state index contributed by atoms with van der Waals surface area (Å²) in [5.74, 6) is 0.505. The Morgan fingerprint density at radius 3 is 2.45 bits per heavy atom. The average molecular weight is 479 g/mol. The molecule has 2 aromatic carbocycles. The van der Waals surface area contributed by atoms with Crippen LogP contribution in [0.25, 0.3) is 6.08 Å². The van der Waals surface area contributed by atoms with Crippen LogP contribution in [0.1, 0.15) is 11.1 Å². The van der Waals surface area contributed by atoms with Gasteiger partial charge in [-0.15, -0.1) is 0 Å². The molecular weight excluding hydrogens is 456 g/mol. The van der Waals surface area contributed by atoms with E-state index in [1.165, 1.54) is 10.4 Å². The fourth-order valence-corrected chi connectivity index (χ4v) is 5.06. The highest BCUT2D eigenvalue weighted by molar-refractivity contribution is 9.10. The number of piperazine rings is 1. The van der Waals surface area contributed by atoms with Gasteiger partial charge in [-0.25, -0.2) is 8.42 Å². The molecule has 1 amide bonds. The molecule has 0 bridgehead atoms. The van der Waals surface area contributed by atoms with Gasteiger partial charge < -0.3 is 9.64 Å². The minimum absolute atomic E-state index is 0.0234. The molecule has 0 radical (unpaired) electrons. The molecule has 1 fully saturated rings. The highest BCUT2D eigenvalue weighted by Crippen LogP contribution is 2.24. The van der Waals surface area contributed by atoms with E-state index in [2.05, 4.69) is 15.9 Å². The number of methoxy groups -OCH3 is 1.